The van der Waals surface area contributed by atoms with Crippen LogP contribution in [0.3, 0.4) is 0 Å². The fourth-order valence-corrected chi connectivity index (χ4v) is 2.96. The predicted molar refractivity (Wildman–Crippen MR) is 93.3 cm³/mol. The predicted octanol–water partition coefficient (Wildman–Crippen LogP) is 3.51. The number of anilines is 1. The number of imidazole rings is 1. The standard InChI is InChI=1S/C16H14N4O3S/c1-10-5-4-8-13(20(22)23)15(10)19-14(21)9-24-16-17-11-6-2-3-7-12(11)18-16/h2-8H,9H2,1H3,(H,17,18)(H,19,21). The van der Waals surface area contributed by atoms with Crippen LogP contribution in [0, 0.1) is 17.0 Å². The summed E-state index contributed by atoms with van der Waals surface area (Å²) in [6, 6.07) is 12.3. The van der Waals surface area contributed by atoms with Crippen molar-refractivity contribution in [2.45, 2.75) is 12.1 Å². The normalized spacial score (nSPS) is 10.7. The second-order valence-corrected chi connectivity index (χ2v) is 6.09. The van der Waals surface area contributed by atoms with Crippen LogP contribution in [-0.4, -0.2) is 26.6 Å². The summed E-state index contributed by atoms with van der Waals surface area (Å²) in [5, 5.41) is 14.3. The second kappa shape index (κ2) is 6.71. The Bertz CT molecular complexity index is 890. The molecule has 0 aliphatic carbocycles. The highest BCUT2D eigenvalue weighted by Crippen LogP contribution is 2.28. The molecule has 0 saturated heterocycles. The van der Waals surface area contributed by atoms with Crippen molar-refractivity contribution in [1.29, 1.82) is 0 Å². The lowest BCUT2D eigenvalue weighted by Crippen LogP contribution is -2.16. The van der Waals surface area contributed by atoms with Gasteiger partial charge in [-0.2, -0.15) is 0 Å². The quantitative estimate of drug-likeness (QED) is 0.420. The first-order valence-corrected chi connectivity index (χ1v) is 8.14. The number of hydrogen-bond donors (Lipinski definition) is 2. The number of benzene rings is 2. The number of thioether (sulfide) groups is 1. The van der Waals surface area contributed by atoms with E-state index in [2.05, 4.69) is 15.3 Å². The molecule has 0 radical (unpaired) electrons. The lowest BCUT2D eigenvalue weighted by Gasteiger charge is -2.08. The molecule has 0 fully saturated rings. The SMILES string of the molecule is Cc1cccc([N+](=O)[O-])c1NC(=O)CSc1nc2ccccc2[nH]1. The number of aryl methyl sites for hydroxylation is 1. The van der Waals surface area contributed by atoms with Gasteiger partial charge >= 0.3 is 0 Å². The van der Waals surface area contributed by atoms with Crippen LogP contribution in [0.25, 0.3) is 11.0 Å². The highest BCUT2D eigenvalue weighted by molar-refractivity contribution is 7.99. The van der Waals surface area contributed by atoms with Gasteiger partial charge in [0.05, 0.1) is 21.7 Å². The molecule has 0 atom stereocenters. The smallest absolute Gasteiger partial charge is 0.293 e. The molecule has 2 N–H and O–H groups in total. The van der Waals surface area contributed by atoms with E-state index in [9.17, 15) is 14.9 Å². The largest absolute Gasteiger partial charge is 0.333 e. The number of nitro groups is 1. The van der Waals surface area contributed by atoms with Gasteiger partial charge in [-0.05, 0) is 24.6 Å². The van der Waals surface area contributed by atoms with Gasteiger partial charge in [0.15, 0.2) is 5.16 Å². The van der Waals surface area contributed by atoms with Gasteiger partial charge in [0.2, 0.25) is 5.91 Å². The van der Waals surface area contributed by atoms with Gasteiger partial charge in [0.25, 0.3) is 5.69 Å². The summed E-state index contributed by atoms with van der Waals surface area (Å²) in [6.45, 7) is 1.72. The molecular weight excluding hydrogens is 328 g/mol. The number of nitro benzene ring substituents is 1. The Morgan fingerprint density at radius 1 is 1.29 bits per heavy atom. The van der Waals surface area contributed by atoms with E-state index in [1.807, 2.05) is 24.3 Å². The Morgan fingerprint density at radius 2 is 2.08 bits per heavy atom. The fourth-order valence-electron chi connectivity index (χ4n) is 2.27. The number of H-pyrrole nitrogens is 1. The molecule has 24 heavy (non-hydrogen) atoms. The average molecular weight is 342 g/mol. The van der Waals surface area contributed by atoms with Gasteiger partial charge in [-0.25, -0.2) is 4.98 Å². The van der Waals surface area contributed by atoms with Gasteiger partial charge in [-0.1, -0.05) is 36.0 Å². The van der Waals surface area contributed by atoms with Crippen LogP contribution in [-0.2, 0) is 4.79 Å². The van der Waals surface area contributed by atoms with Crippen molar-refractivity contribution in [2.24, 2.45) is 0 Å². The van der Waals surface area contributed by atoms with E-state index >= 15 is 0 Å². The number of hydrogen-bond acceptors (Lipinski definition) is 5. The lowest BCUT2D eigenvalue weighted by atomic mass is 10.1. The third-order valence-corrected chi connectivity index (χ3v) is 4.29. The van der Waals surface area contributed by atoms with Crippen LogP contribution in [0.15, 0.2) is 47.6 Å². The van der Waals surface area contributed by atoms with Crippen LogP contribution in [0.4, 0.5) is 11.4 Å². The molecule has 8 heteroatoms. The maximum Gasteiger partial charge on any atom is 0.293 e. The first kappa shape index (κ1) is 16.0. The third-order valence-electron chi connectivity index (χ3n) is 3.42. The van der Waals surface area contributed by atoms with Gasteiger partial charge in [0, 0.05) is 6.07 Å². The molecule has 1 amide bonds. The summed E-state index contributed by atoms with van der Waals surface area (Å²) in [6.07, 6.45) is 0. The van der Waals surface area contributed by atoms with E-state index in [-0.39, 0.29) is 23.0 Å². The summed E-state index contributed by atoms with van der Waals surface area (Å²) in [4.78, 5) is 30.2. The van der Waals surface area contributed by atoms with Crippen molar-refractivity contribution in [1.82, 2.24) is 9.97 Å². The van der Waals surface area contributed by atoms with E-state index in [0.717, 1.165) is 11.0 Å². The van der Waals surface area contributed by atoms with Crippen molar-refractivity contribution in [3.8, 4) is 0 Å². The van der Waals surface area contributed by atoms with E-state index in [4.69, 9.17) is 0 Å². The van der Waals surface area contributed by atoms with Crippen LogP contribution in [0.1, 0.15) is 5.56 Å². The molecule has 122 valence electrons. The van der Waals surface area contributed by atoms with Crippen molar-refractivity contribution < 1.29 is 9.72 Å². The monoisotopic (exact) mass is 342 g/mol. The molecule has 0 aliphatic heterocycles. The maximum absolute atomic E-state index is 12.1. The number of nitrogens with zero attached hydrogens (tertiary/aromatic N) is 2. The van der Waals surface area contributed by atoms with Crippen molar-refractivity contribution in [3.05, 3.63) is 58.1 Å². The van der Waals surface area contributed by atoms with Gasteiger partial charge in [0.1, 0.15) is 5.69 Å². The Balaban J connectivity index is 1.69. The molecule has 7 nitrogen and oxygen atoms in total. The summed E-state index contributed by atoms with van der Waals surface area (Å²) in [5.41, 5.74) is 2.49. The summed E-state index contributed by atoms with van der Waals surface area (Å²) < 4.78 is 0. The highest BCUT2D eigenvalue weighted by atomic mass is 32.2. The van der Waals surface area contributed by atoms with Crippen LogP contribution in [0.5, 0.6) is 0 Å². The van der Waals surface area contributed by atoms with Gasteiger partial charge in [-0.3, -0.25) is 14.9 Å². The minimum Gasteiger partial charge on any atom is -0.333 e. The number of aromatic amines is 1. The molecule has 3 rings (SSSR count). The number of nitrogens with one attached hydrogen (secondary N) is 2. The molecule has 3 aromatic rings. The number of aromatic nitrogens is 2. The first-order valence-electron chi connectivity index (χ1n) is 7.16. The van der Waals surface area contributed by atoms with Gasteiger partial charge in [-0.15, -0.1) is 0 Å². The minimum atomic E-state index is -0.505. The molecule has 0 aliphatic rings. The van der Waals surface area contributed by atoms with Crippen LogP contribution < -0.4 is 5.32 Å². The molecule has 0 bridgehead atoms. The zero-order valence-electron chi connectivity index (χ0n) is 12.8. The molecule has 1 heterocycles. The Morgan fingerprint density at radius 3 is 2.83 bits per heavy atom. The topological polar surface area (TPSA) is 101 Å². The average Bonchev–Trinajstić information content (AvgIpc) is 2.97. The number of fused-ring (bicyclic) bond motifs is 1. The van der Waals surface area contributed by atoms with Crippen LogP contribution in [0.2, 0.25) is 0 Å². The minimum absolute atomic E-state index is 0.102. The van der Waals surface area contributed by atoms with Crippen molar-refractivity contribution in [3.63, 3.8) is 0 Å². The number of carbonyl (C=O) groups is 1. The van der Waals surface area contributed by atoms with Crippen LogP contribution >= 0.6 is 11.8 Å². The Hall–Kier alpha value is -2.87. The van der Waals surface area contributed by atoms with Gasteiger partial charge < -0.3 is 10.3 Å². The summed E-state index contributed by atoms with van der Waals surface area (Å²) in [5.74, 6) is -0.219. The zero-order chi connectivity index (χ0) is 17.1. The molecule has 0 saturated carbocycles. The highest BCUT2D eigenvalue weighted by Gasteiger charge is 2.18. The van der Waals surface area contributed by atoms with Crippen molar-refractivity contribution in [2.75, 3.05) is 11.1 Å². The summed E-state index contributed by atoms with van der Waals surface area (Å²) in [7, 11) is 0. The van der Waals surface area contributed by atoms with Crippen molar-refractivity contribution >= 4 is 40.1 Å². The molecule has 0 spiro atoms. The Labute approximate surface area is 141 Å². The van der Waals surface area contributed by atoms with E-state index < -0.39 is 4.92 Å². The zero-order valence-corrected chi connectivity index (χ0v) is 13.6. The fraction of sp³-hybridized carbons (Fsp3) is 0.125. The number of amides is 1. The maximum atomic E-state index is 12.1. The summed E-state index contributed by atoms with van der Waals surface area (Å²) >= 11 is 1.25. The third kappa shape index (κ3) is 3.38. The molecular formula is C16H14N4O3S. The number of rotatable bonds is 5. The second-order valence-electron chi connectivity index (χ2n) is 5.12. The van der Waals surface area contributed by atoms with E-state index in [1.165, 1.54) is 17.8 Å². The lowest BCUT2D eigenvalue weighted by molar-refractivity contribution is -0.384. The number of para-hydroxylation sites is 3. The number of carbonyl (C=O) groups excluding carboxylic acids is 1. The molecule has 2 aromatic carbocycles. The van der Waals surface area contributed by atoms with E-state index in [0.29, 0.717) is 10.7 Å². The molecule has 0 unspecified atom stereocenters. The molecule has 1 aromatic heterocycles. The Kier molecular flexibility index (Phi) is 4.48. The first-order chi connectivity index (χ1) is 11.5. The van der Waals surface area contributed by atoms with E-state index in [1.54, 1.807) is 19.1 Å².